The number of nitrogens with zero attached hydrogens (tertiary/aromatic N) is 2. The first-order valence-electron chi connectivity index (χ1n) is 11.3. The molecular weight excluding hydrogens is 500 g/mol. The van der Waals surface area contributed by atoms with Crippen LogP contribution in [0, 0.1) is 10.1 Å². The van der Waals surface area contributed by atoms with Crippen molar-refractivity contribution in [2.24, 2.45) is 0 Å². The highest BCUT2D eigenvalue weighted by molar-refractivity contribution is 8.18. The molecule has 1 aliphatic heterocycles. The molecule has 1 aliphatic rings. The number of nitro groups is 1. The number of ether oxygens (including phenoxy) is 3. The maximum absolute atomic E-state index is 12.8. The summed E-state index contributed by atoms with van der Waals surface area (Å²) in [6.45, 7) is 6.82. The number of esters is 1. The van der Waals surface area contributed by atoms with E-state index in [9.17, 15) is 24.5 Å². The Morgan fingerprint density at radius 2 is 1.92 bits per heavy atom. The molecule has 0 saturated carbocycles. The quantitative estimate of drug-likeness (QED) is 0.132. The number of thioether (sulfide) groups is 1. The molecule has 1 saturated heterocycles. The molecule has 2 aromatic carbocycles. The van der Waals surface area contributed by atoms with Gasteiger partial charge in [-0.1, -0.05) is 6.08 Å². The van der Waals surface area contributed by atoms with Crippen LogP contribution in [-0.2, 0) is 27.4 Å². The normalized spacial score (nSPS) is 14.3. The van der Waals surface area contributed by atoms with E-state index in [1.165, 1.54) is 19.2 Å². The number of methoxy groups -OCH3 is 1. The van der Waals surface area contributed by atoms with Gasteiger partial charge in [0.2, 0.25) is 0 Å². The summed E-state index contributed by atoms with van der Waals surface area (Å²) in [5.74, 6) is -0.392. The molecular formula is C26H26N2O8S. The maximum Gasteiger partial charge on any atom is 0.326 e. The van der Waals surface area contributed by atoms with Crippen LogP contribution in [-0.4, -0.2) is 46.7 Å². The Balaban J connectivity index is 1.84. The van der Waals surface area contributed by atoms with Gasteiger partial charge in [0.05, 0.1) is 23.0 Å². The molecule has 10 nitrogen and oxygen atoms in total. The second kappa shape index (κ2) is 12.2. The Kier molecular flexibility index (Phi) is 9.07. The number of amides is 2. The van der Waals surface area contributed by atoms with E-state index in [2.05, 4.69) is 6.58 Å². The monoisotopic (exact) mass is 526 g/mol. The first-order chi connectivity index (χ1) is 17.6. The molecule has 1 fully saturated rings. The smallest absolute Gasteiger partial charge is 0.326 e. The summed E-state index contributed by atoms with van der Waals surface area (Å²) in [5.41, 5.74) is 2.03. The Bertz CT molecular complexity index is 1250. The number of allylic oxidation sites excluding steroid dienone is 1. The highest BCUT2D eigenvalue weighted by Gasteiger charge is 2.37. The summed E-state index contributed by atoms with van der Waals surface area (Å²) < 4.78 is 16.6. The number of carbonyl (C=O) groups is 3. The lowest BCUT2D eigenvalue weighted by Crippen LogP contribution is -2.35. The molecule has 2 amide bonds. The Labute approximate surface area is 218 Å². The molecule has 0 bridgehead atoms. The fourth-order valence-electron chi connectivity index (χ4n) is 3.48. The Hall–Kier alpha value is -4.12. The van der Waals surface area contributed by atoms with Gasteiger partial charge in [-0.15, -0.1) is 6.58 Å². The van der Waals surface area contributed by atoms with Crippen molar-refractivity contribution in [3.05, 3.63) is 80.8 Å². The molecule has 1 heterocycles. The topological polar surface area (TPSA) is 125 Å². The van der Waals surface area contributed by atoms with Crippen LogP contribution in [0.25, 0.3) is 6.08 Å². The number of hydrogen-bond acceptors (Lipinski definition) is 9. The van der Waals surface area contributed by atoms with Gasteiger partial charge in [0, 0.05) is 17.7 Å². The molecule has 0 radical (unpaired) electrons. The fourth-order valence-corrected chi connectivity index (χ4v) is 4.31. The maximum atomic E-state index is 12.8. The summed E-state index contributed by atoms with van der Waals surface area (Å²) in [6.07, 6.45) is 3.30. The summed E-state index contributed by atoms with van der Waals surface area (Å²) in [7, 11) is 1.48. The minimum atomic E-state index is -0.664. The predicted octanol–water partition coefficient (Wildman–Crippen LogP) is 4.90. The van der Waals surface area contributed by atoms with E-state index in [4.69, 9.17) is 14.2 Å². The van der Waals surface area contributed by atoms with E-state index in [0.29, 0.717) is 23.5 Å². The minimum Gasteiger partial charge on any atom is -0.493 e. The molecule has 0 spiro atoms. The average Bonchev–Trinajstić information content (AvgIpc) is 3.10. The van der Waals surface area contributed by atoms with Crippen LogP contribution in [0.15, 0.2) is 54.0 Å². The number of rotatable bonds is 11. The van der Waals surface area contributed by atoms with Gasteiger partial charge in [0.15, 0.2) is 11.5 Å². The molecule has 194 valence electrons. The van der Waals surface area contributed by atoms with Crippen LogP contribution >= 0.6 is 11.8 Å². The zero-order chi connectivity index (χ0) is 27.1. The van der Waals surface area contributed by atoms with Gasteiger partial charge in [-0.2, -0.15) is 0 Å². The Morgan fingerprint density at radius 1 is 1.22 bits per heavy atom. The van der Waals surface area contributed by atoms with Gasteiger partial charge in [0.1, 0.15) is 13.2 Å². The van der Waals surface area contributed by atoms with Crippen molar-refractivity contribution in [3.8, 4) is 11.5 Å². The summed E-state index contributed by atoms with van der Waals surface area (Å²) in [6, 6.07) is 9.48. The van der Waals surface area contributed by atoms with E-state index in [-0.39, 0.29) is 23.3 Å². The minimum absolute atomic E-state index is 0.0146. The second-order valence-electron chi connectivity index (χ2n) is 8.22. The second-order valence-corrected chi connectivity index (χ2v) is 9.22. The zero-order valence-electron chi connectivity index (χ0n) is 20.6. The standard InChI is InChI=1S/C26H26N2O8S/c1-5-6-19-11-18(13-22-25(30)27(26(31)37-22)14-23(29)36-16(2)3)12-21(34-4)24(19)35-15-17-7-9-20(10-8-17)28(32)33/h5,7-13,16H,1,6,14-15H2,2-4H3/b22-13+. The van der Waals surface area contributed by atoms with Crippen LogP contribution in [0.5, 0.6) is 11.5 Å². The summed E-state index contributed by atoms with van der Waals surface area (Å²) >= 11 is 0.736. The van der Waals surface area contributed by atoms with Crippen LogP contribution in [0.4, 0.5) is 10.5 Å². The van der Waals surface area contributed by atoms with Crippen LogP contribution in [0.3, 0.4) is 0 Å². The number of carbonyl (C=O) groups excluding carboxylic acids is 3. The van der Waals surface area contributed by atoms with E-state index in [1.54, 1.807) is 50.3 Å². The highest BCUT2D eigenvalue weighted by atomic mass is 32.2. The van der Waals surface area contributed by atoms with Crippen molar-refractivity contribution in [1.82, 2.24) is 4.90 Å². The third kappa shape index (κ3) is 6.98. The zero-order valence-corrected chi connectivity index (χ0v) is 21.4. The highest BCUT2D eigenvalue weighted by Crippen LogP contribution is 2.37. The molecule has 0 aliphatic carbocycles. The fraction of sp³-hybridized carbons (Fsp3) is 0.269. The van der Waals surface area contributed by atoms with Gasteiger partial charge >= 0.3 is 5.97 Å². The van der Waals surface area contributed by atoms with Crippen molar-refractivity contribution >= 4 is 40.6 Å². The molecule has 0 atom stereocenters. The third-order valence-corrected chi connectivity index (χ3v) is 6.00. The largest absolute Gasteiger partial charge is 0.493 e. The molecule has 0 N–H and O–H groups in total. The summed E-state index contributed by atoms with van der Waals surface area (Å²) in [5, 5.41) is 10.3. The van der Waals surface area contributed by atoms with Gasteiger partial charge in [-0.25, -0.2) is 0 Å². The molecule has 0 aromatic heterocycles. The molecule has 2 aromatic rings. The van der Waals surface area contributed by atoms with Crippen molar-refractivity contribution in [2.75, 3.05) is 13.7 Å². The van der Waals surface area contributed by atoms with E-state index in [1.807, 2.05) is 0 Å². The molecule has 37 heavy (non-hydrogen) atoms. The first kappa shape index (κ1) is 27.5. The predicted molar refractivity (Wildman–Crippen MR) is 138 cm³/mol. The van der Waals surface area contributed by atoms with E-state index in [0.717, 1.165) is 27.8 Å². The lowest BCUT2D eigenvalue weighted by molar-refractivity contribution is -0.384. The first-order valence-corrected chi connectivity index (χ1v) is 12.1. The van der Waals surface area contributed by atoms with Crippen LogP contribution in [0.1, 0.15) is 30.5 Å². The number of imide groups is 1. The number of benzene rings is 2. The lowest BCUT2D eigenvalue weighted by atomic mass is 10.0. The summed E-state index contributed by atoms with van der Waals surface area (Å²) in [4.78, 5) is 48.5. The van der Waals surface area contributed by atoms with Crippen molar-refractivity contribution in [3.63, 3.8) is 0 Å². The van der Waals surface area contributed by atoms with Crippen molar-refractivity contribution < 1.29 is 33.5 Å². The van der Waals surface area contributed by atoms with Gasteiger partial charge in [0.25, 0.3) is 16.8 Å². The van der Waals surface area contributed by atoms with Crippen molar-refractivity contribution in [1.29, 1.82) is 0 Å². The van der Waals surface area contributed by atoms with Crippen LogP contribution in [0.2, 0.25) is 0 Å². The Morgan fingerprint density at radius 3 is 2.51 bits per heavy atom. The van der Waals surface area contributed by atoms with Crippen molar-refractivity contribution in [2.45, 2.75) is 33.0 Å². The molecule has 3 rings (SSSR count). The number of nitro benzene ring substituents is 1. The lowest BCUT2D eigenvalue weighted by Gasteiger charge is -2.16. The third-order valence-electron chi connectivity index (χ3n) is 5.09. The average molecular weight is 527 g/mol. The van der Waals surface area contributed by atoms with Gasteiger partial charge in [-0.05, 0) is 73.5 Å². The number of hydrogen-bond donors (Lipinski definition) is 0. The van der Waals surface area contributed by atoms with Crippen LogP contribution < -0.4 is 9.47 Å². The number of non-ortho nitro benzene ring substituents is 1. The van der Waals surface area contributed by atoms with E-state index < -0.39 is 28.6 Å². The SMILES string of the molecule is C=CCc1cc(/C=C2/SC(=O)N(CC(=O)OC(C)C)C2=O)cc(OC)c1OCc1ccc([N+](=O)[O-])cc1. The molecule has 0 unspecified atom stereocenters. The van der Waals surface area contributed by atoms with Gasteiger partial charge in [-0.3, -0.25) is 29.4 Å². The van der Waals surface area contributed by atoms with E-state index >= 15 is 0 Å². The molecule has 11 heteroatoms. The van der Waals surface area contributed by atoms with Gasteiger partial charge < -0.3 is 14.2 Å².